The van der Waals surface area contributed by atoms with Gasteiger partial charge in [0.05, 0.1) is 22.5 Å². The molecule has 19 heavy (non-hydrogen) atoms. The van der Waals surface area contributed by atoms with E-state index in [0.717, 1.165) is 0 Å². The molecule has 0 spiro atoms. The zero-order chi connectivity index (χ0) is 13.9. The van der Waals surface area contributed by atoms with Crippen LogP contribution in [-0.4, -0.2) is 82.4 Å². The molecule has 1 aliphatic rings. The smallest absolute Gasteiger partial charge is 0.748 e. The van der Waals surface area contributed by atoms with Gasteiger partial charge in [-0.25, -0.2) is 13.2 Å². The maximum Gasteiger partial charge on any atom is 1.00 e. The van der Waals surface area contributed by atoms with Crippen LogP contribution in [0.3, 0.4) is 0 Å². The monoisotopic (exact) mass is 308 g/mol. The summed E-state index contributed by atoms with van der Waals surface area (Å²) < 4.78 is 35.5. The van der Waals surface area contributed by atoms with E-state index in [9.17, 15) is 28.0 Å². The first kappa shape index (κ1) is 19.0. The number of hydrogen-bond acceptors (Lipinski definition) is 8. The zero-order valence-electron chi connectivity index (χ0n) is 10.2. The van der Waals surface area contributed by atoms with Gasteiger partial charge in [0.1, 0.15) is 13.5 Å². The molecule has 1 saturated heterocycles. The van der Waals surface area contributed by atoms with E-state index in [0.29, 0.717) is 9.80 Å². The van der Waals surface area contributed by atoms with Crippen molar-refractivity contribution in [2.75, 3.05) is 25.8 Å². The second kappa shape index (κ2) is 7.71. The molecule has 2 atom stereocenters. The van der Waals surface area contributed by atoms with E-state index in [-0.39, 0.29) is 29.6 Å². The average molecular weight is 308 g/mol. The molecule has 0 aromatic heterocycles. The van der Waals surface area contributed by atoms with Gasteiger partial charge in [-0.2, -0.15) is 0 Å². The van der Waals surface area contributed by atoms with Gasteiger partial charge < -0.3 is 24.6 Å². The van der Waals surface area contributed by atoms with Crippen LogP contribution in [-0.2, 0) is 14.9 Å². The molecule has 0 aromatic carbocycles. The average Bonchev–Trinajstić information content (AvgIpc) is 2.46. The first-order chi connectivity index (χ1) is 8.28. The minimum Gasteiger partial charge on any atom is -0.748 e. The fourth-order valence-corrected chi connectivity index (χ4v) is 1.63. The van der Waals surface area contributed by atoms with Crippen molar-refractivity contribution in [3.63, 3.8) is 0 Å². The van der Waals surface area contributed by atoms with Gasteiger partial charge in [-0.05, 0) is 0 Å². The predicted octanol–water partition coefficient (Wildman–Crippen LogP) is -6.17. The molecule has 106 valence electrons. The molecule has 2 unspecified atom stereocenters. The summed E-state index contributed by atoms with van der Waals surface area (Å²) in [7, 11) is -4.41. The second-order valence-corrected chi connectivity index (χ2v) is 5.01. The fraction of sp³-hybridized carbons (Fsp3) is 0.857. The van der Waals surface area contributed by atoms with Crippen molar-refractivity contribution in [3.8, 4) is 0 Å². The third-order valence-corrected chi connectivity index (χ3v) is 2.92. The van der Waals surface area contributed by atoms with Gasteiger partial charge in [0.25, 0.3) is 0 Å². The Morgan fingerprint density at radius 2 is 1.79 bits per heavy atom. The van der Waals surface area contributed by atoms with E-state index in [2.05, 4.69) is 0 Å². The largest absolute Gasteiger partial charge is 1.00 e. The molecular weight excluding hydrogens is 295 g/mol. The Kier molecular flexibility index (Phi) is 7.72. The van der Waals surface area contributed by atoms with Gasteiger partial charge in [-0.15, -0.1) is 0 Å². The van der Waals surface area contributed by atoms with Gasteiger partial charge in [0, 0.05) is 0 Å². The first-order valence-corrected chi connectivity index (χ1v) is 6.41. The van der Waals surface area contributed by atoms with Gasteiger partial charge in [0.2, 0.25) is 0 Å². The van der Waals surface area contributed by atoms with Crippen LogP contribution >= 0.6 is 0 Å². The molecule has 1 fully saturated rings. The normalized spacial score (nSPS) is 23.7. The summed E-state index contributed by atoms with van der Waals surface area (Å²) in [6.45, 7) is -1.75. The Bertz CT molecular complexity index is 404. The number of aliphatic hydroxyl groups is 3. The van der Waals surface area contributed by atoms with Crippen molar-refractivity contribution >= 4 is 16.1 Å². The SMILES string of the molecule is O=C1N(CO)C(O)C(O)N1COCCS(=O)(=O)[O-].[Na+]. The number of nitrogens with zero attached hydrogens (tertiary/aromatic N) is 2. The van der Waals surface area contributed by atoms with Crippen LogP contribution < -0.4 is 29.6 Å². The molecule has 10 nitrogen and oxygen atoms in total. The number of carbonyl (C=O) groups excluding carboxylic acids is 1. The minimum atomic E-state index is -4.41. The van der Waals surface area contributed by atoms with Crippen LogP contribution in [0, 0.1) is 0 Å². The van der Waals surface area contributed by atoms with E-state index >= 15 is 0 Å². The first-order valence-electron chi connectivity index (χ1n) is 4.83. The topological polar surface area (TPSA) is 151 Å². The van der Waals surface area contributed by atoms with E-state index in [4.69, 9.17) is 9.84 Å². The number of carbonyl (C=O) groups is 1. The number of amides is 2. The standard InChI is InChI=1S/C7H14N2O8S.Na/c10-3-8-5(11)6(12)9(7(8)13)4-17-1-2-18(14,15)16;/h5-6,10-12H,1-4H2,(H,14,15,16);/q;+1/p-1. The molecule has 12 heteroatoms. The van der Waals surface area contributed by atoms with Crippen LogP contribution in [0.5, 0.6) is 0 Å². The summed E-state index contributed by atoms with van der Waals surface area (Å²) in [4.78, 5) is 12.7. The van der Waals surface area contributed by atoms with Crippen LogP contribution in [0.1, 0.15) is 0 Å². The third-order valence-electron chi connectivity index (χ3n) is 2.26. The molecule has 2 amide bonds. The van der Waals surface area contributed by atoms with E-state index in [1.54, 1.807) is 0 Å². The number of hydrogen-bond donors (Lipinski definition) is 3. The maximum absolute atomic E-state index is 11.5. The van der Waals surface area contributed by atoms with Gasteiger partial charge >= 0.3 is 35.6 Å². The van der Waals surface area contributed by atoms with Crippen molar-refractivity contribution in [1.82, 2.24) is 9.80 Å². The molecule has 0 saturated carbocycles. The summed E-state index contributed by atoms with van der Waals surface area (Å²) in [6.07, 6.45) is -3.21. The molecule has 1 heterocycles. The third kappa shape index (κ3) is 5.13. The molecule has 1 rings (SSSR count). The Balaban J connectivity index is 0.00000324. The van der Waals surface area contributed by atoms with Gasteiger partial charge in [-0.1, -0.05) is 0 Å². The Morgan fingerprint density at radius 3 is 2.21 bits per heavy atom. The molecule has 0 aromatic rings. The number of rotatable bonds is 6. The number of urea groups is 1. The summed E-state index contributed by atoms with van der Waals surface area (Å²) in [5.74, 6) is -0.766. The molecule has 0 bridgehead atoms. The van der Waals surface area contributed by atoms with Crippen LogP contribution in [0.25, 0.3) is 0 Å². The zero-order valence-corrected chi connectivity index (χ0v) is 13.0. The minimum absolute atomic E-state index is 0. The quantitative estimate of drug-likeness (QED) is 0.249. The number of ether oxygens (including phenoxy) is 1. The van der Waals surface area contributed by atoms with Crippen molar-refractivity contribution in [2.24, 2.45) is 0 Å². The van der Waals surface area contributed by atoms with Crippen molar-refractivity contribution in [3.05, 3.63) is 0 Å². The van der Waals surface area contributed by atoms with Gasteiger partial charge in [0.15, 0.2) is 12.5 Å². The Labute approximate surface area is 131 Å². The van der Waals surface area contributed by atoms with Crippen molar-refractivity contribution < 1.29 is 67.4 Å². The van der Waals surface area contributed by atoms with E-state index in [1.807, 2.05) is 0 Å². The van der Waals surface area contributed by atoms with E-state index in [1.165, 1.54) is 0 Å². The van der Waals surface area contributed by atoms with Crippen LogP contribution in [0.2, 0.25) is 0 Å². The summed E-state index contributed by atoms with van der Waals surface area (Å²) in [6, 6.07) is -0.873. The molecule has 1 aliphatic heterocycles. The van der Waals surface area contributed by atoms with Crippen molar-refractivity contribution in [2.45, 2.75) is 12.5 Å². The van der Waals surface area contributed by atoms with Crippen LogP contribution in [0.4, 0.5) is 4.79 Å². The Hall–Kier alpha value is 0.0200. The summed E-state index contributed by atoms with van der Waals surface area (Å²) >= 11 is 0. The maximum atomic E-state index is 11.5. The summed E-state index contributed by atoms with van der Waals surface area (Å²) in [5.41, 5.74) is 0. The molecule has 0 radical (unpaired) electrons. The molecular formula is C7H13N2NaO8S. The van der Waals surface area contributed by atoms with Crippen molar-refractivity contribution in [1.29, 1.82) is 0 Å². The molecule has 0 aliphatic carbocycles. The van der Waals surface area contributed by atoms with E-state index < -0.39 is 54.4 Å². The summed E-state index contributed by atoms with van der Waals surface area (Å²) in [5, 5.41) is 27.5. The molecule has 3 N–H and O–H groups in total. The predicted molar refractivity (Wildman–Crippen MR) is 53.6 cm³/mol. The fourth-order valence-electron chi connectivity index (χ4n) is 1.31. The second-order valence-electron chi connectivity index (χ2n) is 3.49. The number of aliphatic hydroxyl groups excluding tert-OH is 3. The Morgan fingerprint density at radius 1 is 1.26 bits per heavy atom. The van der Waals surface area contributed by atoms with Gasteiger partial charge in [-0.3, -0.25) is 9.80 Å². The van der Waals surface area contributed by atoms with Crippen LogP contribution in [0.15, 0.2) is 0 Å².